The molecular weight excluding hydrogens is 374 g/mol. The van der Waals surface area contributed by atoms with Gasteiger partial charge in [0.05, 0.1) is 24.6 Å². The highest BCUT2D eigenvalue weighted by molar-refractivity contribution is 5.94. The van der Waals surface area contributed by atoms with Gasteiger partial charge in [0.15, 0.2) is 11.5 Å². The van der Waals surface area contributed by atoms with Gasteiger partial charge < -0.3 is 13.9 Å². The number of hydrogen-bond donors (Lipinski definition) is 1. The molecule has 8 nitrogen and oxygen atoms in total. The number of rotatable bonds is 7. The average molecular weight is 393 g/mol. The van der Waals surface area contributed by atoms with Crippen molar-refractivity contribution in [2.24, 2.45) is 5.10 Å². The van der Waals surface area contributed by atoms with Gasteiger partial charge in [-0.1, -0.05) is 0 Å². The third-order valence-electron chi connectivity index (χ3n) is 3.75. The molecule has 0 aliphatic rings. The van der Waals surface area contributed by atoms with E-state index in [4.69, 9.17) is 13.9 Å². The lowest BCUT2D eigenvalue weighted by Gasteiger charge is -2.10. The molecule has 0 radical (unpaired) electrons. The Bertz CT molecular complexity index is 1010. The molecule has 2 aromatic heterocycles. The van der Waals surface area contributed by atoms with Gasteiger partial charge in [-0.15, -0.1) is 0 Å². The Labute approximate surface area is 167 Å². The number of esters is 1. The molecule has 0 atom stereocenters. The number of carbonyl (C=O) groups is 2. The van der Waals surface area contributed by atoms with Gasteiger partial charge in [0.2, 0.25) is 5.76 Å². The molecule has 29 heavy (non-hydrogen) atoms. The summed E-state index contributed by atoms with van der Waals surface area (Å²) in [7, 11) is 0. The Balaban J connectivity index is 1.68. The van der Waals surface area contributed by atoms with Crippen LogP contribution in [0.3, 0.4) is 0 Å². The van der Waals surface area contributed by atoms with Crippen LogP contribution in [0.2, 0.25) is 0 Å². The second-order valence-corrected chi connectivity index (χ2v) is 5.89. The van der Waals surface area contributed by atoms with Gasteiger partial charge in [0, 0.05) is 11.9 Å². The zero-order valence-corrected chi connectivity index (χ0v) is 15.9. The quantitative estimate of drug-likeness (QED) is 0.286. The number of ether oxygens (including phenoxy) is 2. The molecule has 1 N–H and O–H groups in total. The van der Waals surface area contributed by atoms with Crippen LogP contribution >= 0.6 is 0 Å². The van der Waals surface area contributed by atoms with Crippen LogP contribution in [0.25, 0.3) is 0 Å². The predicted octanol–water partition coefficient (Wildman–Crippen LogP) is 3.36. The van der Waals surface area contributed by atoms with Gasteiger partial charge in [-0.25, -0.2) is 10.2 Å². The standard InChI is InChI=1S/C21H19N3O5/c1-3-27-19-11-15(7-9-17(19)29-21(26)18-5-4-10-28-18)12-23-24-20(25)16-8-6-14(2)22-13-16/h4-13H,3H2,1-2H3,(H,24,25)/b23-12+. The fourth-order valence-corrected chi connectivity index (χ4v) is 2.33. The van der Waals surface area contributed by atoms with Crippen molar-refractivity contribution in [1.29, 1.82) is 0 Å². The first kappa shape index (κ1) is 19.8. The summed E-state index contributed by atoms with van der Waals surface area (Å²) in [6, 6.07) is 11.4. The van der Waals surface area contributed by atoms with Gasteiger partial charge in [0.1, 0.15) is 0 Å². The van der Waals surface area contributed by atoms with Crippen molar-refractivity contribution in [3.05, 3.63) is 77.5 Å². The normalized spacial score (nSPS) is 10.7. The first-order valence-electron chi connectivity index (χ1n) is 8.85. The van der Waals surface area contributed by atoms with Crippen molar-refractivity contribution < 1.29 is 23.5 Å². The van der Waals surface area contributed by atoms with Crippen molar-refractivity contribution in [2.45, 2.75) is 13.8 Å². The summed E-state index contributed by atoms with van der Waals surface area (Å²) in [5, 5.41) is 3.94. The zero-order chi connectivity index (χ0) is 20.6. The fraction of sp³-hybridized carbons (Fsp3) is 0.143. The monoisotopic (exact) mass is 393 g/mol. The zero-order valence-electron chi connectivity index (χ0n) is 15.9. The molecule has 0 spiro atoms. The van der Waals surface area contributed by atoms with Crippen molar-refractivity contribution >= 4 is 18.1 Å². The number of hydrazone groups is 1. The van der Waals surface area contributed by atoms with E-state index in [0.717, 1.165) is 5.69 Å². The molecule has 3 aromatic rings. The Morgan fingerprint density at radius 3 is 2.76 bits per heavy atom. The Morgan fingerprint density at radius 1 is 1.21 bits per heavy atom. The SMILES string of the molecule is CCOc1cc(/C=N/NC(=O)c2ccc(C)nc2)ccc1OC(=O)c1ccco1. The Hall–Kier alpha value is -3.94. The van der Waals surface area contributed by atoms with Crippen LogP contribution in [0.1, 0.15) is 39.1 Å². The number of furan rings is 1. The molecule has 0 bridgehead atoms. The molecule has 0 fully saturated rings. The predicted molar refractivity (Wildman–Crippen MR) is 105 cm³/mol. The maximum Gasteiger partial charge on any atom is 0.379 e. The van der Waals surface area contributed by atoms with Crippen molar-refractivity contribution in [1.82, 2.24) is 10.4 Å². The molecule has 0 aliphatic carbocycles. The number of amides is 1. The first-order chi connectivity index (χ1) is 14.1. The number of carbonyl (C=O) groups excluding carboxylic acids is 2. The molecule has 2 heterocycles. The van der Waals surface area contributed by atoms with Gasteiger partial charge in [-0.2, -0.15) is 5.10 Å². The highest BCUT2D eigenvalue weighted by Crippen LogP contribution is 2.29. The molecule has 3 rings (SSSR count). The minimum atomic E-state index is -0.628. The molecule has 0 saturated carbocycles. The van der Waals surface area contributed by atoms with Crippen LogP contribution in [0.15, 0.2) is 64.4 Å². The van der Waals surface area contributed by atoms with Crippen molar-refractivity contribution in [3.63, 3.8) is 0 Å². The highest BCUT2D eigenvalue weighted by atomic mass is 16.6. The number of nitrogens with zero attached hydrogens (tertiary/aromatic N) is 2. The van der Waals surface area contributed by atoms with E-state index in [0.29, 0.717) is 23.5 Å². The third-order valence-corrected chi connectivity index (χ3v) is 3.75. The summed E-state index contributed by atoms with van der Waals surface area (Å²) in [4.78, 5) is 28.2. The van der Waals surface area contributed by atoms with Gasteiger partial charge in [-0.3, -0.25) is 9.78 Å². The number of aryl methyl sites for hydroxylation is 1. The minimum absolute atomic E-state index is 0.0893. The summed E-state index contributed by atoms with van der Waals surface area (Å²) < 4.78 is 15.9. The molecule has 1 amide bonds. The molecule has 0 saturated heterocycles. The van der Waals surface area contributed by atoms with E-state index in [-0.39, 0.29) is 17.4 Å². The van der Waals surface area contributed by atoms with Crippen LogP contribution in [-0.2, 0) is 0 Å². The van der Waals surface area contributed by atoms with Crippen LogP contribution in [-0.4, -0.2) is 29.7 Å². The van der Waals surface area contributed by atoms with E-state index in [1.54, 1.807) is 36.4 Å². The minimum Gasteiger partial charge on any atom is -0.490 e. The smallest absolute Gasteiger partial charge is 0.379 e. The summed E-state index contributed by atoms with van der Waals surface area (Å²) in [6.45, 7) is 4.03. The summed E-state index contributed by atoms with van der Waals surface area (Å²) in [5.74, 6) is -0.295. The first-order valence-corrected chi connectivity index (χ1v) is 8.85. The lowest BCUT2D eigenvalue weighted by molar-refractivity contribution is 0.0695. The molecule has 1 aromatic carbocycles. The topological polar surface area (TPSA) is 103 Å². The number of hydrogen-bond acceptors (Lipinski definition) is 7. The third kappa shape index (κ3) is 5.29. The van der Waals surface area contributed by atoms with E-state index < -0.39 is 5.97 Å². The highest BCUT2D eigenvalue weighted by Gasteiger charge is 2.15. The van der Waals surface area contributed by atoms with Crippen LogP contribution in [0.5, 0.6) is 11.5 Å². The van der Waals surface area contributed by atoms with E-state index in [9.17, 15) is 9.59 Å². The van der Waals surface area contributed by atoms with Crippen LogP contribution in [0.4, 0.5) is 0 Å². The van der Waals surface area contributed by atoms with Gasteiger partial charge in [-0.05, 0) is 61.9 Å². The fourth-order valence-electron chi connectivity index (χ4n) is 2.33. The number of pyridine rings is 1. The van der Waals surface area contributed by atoms with Crippen LogP contribution in [0, 0.1) is 6.92 Å². The van der Waals surface area contributed by atoms with E-state index in [2.05, 4.69) is 15.5 Å². The van der Waals surface area contributed by atoms with E-state index in [1.807, 2.05) is 13.8 Å². The maximum atomic E-state index is 12.1. The van der Waals surface area contributed by atoms with Crippen molar-refractivity contribution in [3.8, 4) is 11.5 Å². The maximum absolute atomic E-state index is 12.1. The summed E-state index contributed by atoms with van der Waals surface area (Å²) in [6.07, 6.45) is 4.33. The Morgan fingerprint density at radius 2 is 2.07 bits per heavy atom. The lowest BCUT2D eigenvalue weighted by Crippen LogP contribution is -2.17. The van der Waals surface area contributed by atoms with Gasteiger partial charge >= 0.3 is 5.97 Å². The second-order valence-electron chi connectivity index (χ2n) is 5.89. The number of aromatic nitrogens is 1. The number of nitrogens with one attached hydrogen (secondary N) is 1. The Kier molecular flexibility index (Phi) is 6.36. The summed E-state index contributed by atoms with van der Waals surface area (Å²) in [5.41, 5.74) is 4.31. The molecule has 148 valence electrons. The van der Waals surface area contributed by atoms with E-state index in [1.165, 1.54) is 24.7 Å². The summed E-state index contributed by atoms with van der Waals surface area (Å²) >= 11 is 0. The molecule has 0 unspecified atom stereocenters. The van der Waals surface area contributed by atoms with E-state index >= 15 is 0 Å². The average Bonchev–Trinajstić information content (AvgIpc) is 3.25. The van der Waals surface area contributed by atoms with Crippen LogP contribution < -0.4 is 14.9 Å². The molecule has 8 heteroatoms. The second kappa shape index (κ2) is 9.32. The largest absolute Gasteiger partial charge is 0.490 e. The van der Waals surface area contributed by atoms with Gasteiger partial charge in [0.25, 0.3) is 5.91 Å². The van der Waals surface area contributed by atoms with Crippen molar-refractivity contribution in [2.75, 3.05) is 6.61 Å². The molecule has 0 aliphatic heterocycles. The molecular formula is C21H19N3O5. The lowest BCUT2D eigenvalue weighted by atomic mass is 10.2. The number of benzene rings is 1.